The highest BCUT2D eigenvalue weighted by atomic mass is 32.2. The van der Waals surface area contributed by atoms with Gasteiger partial charge >= 0.3 is 0 Å². The van der Waals surface area contributed by atoms with Crippen molar-refractivity contribution < 1.29 is 25.9 Å². The molecule has 0 radical (unpaired) electrons. The average Bonchev–Trinajstić information content (AvgIpc) is 1.87. The van der Waals surface area contributed by atoms with Gasteiger partial charge in [0.05, 0.1) is 23.7 Å². The molecule has 1 atom stereocenters. The lowest BCUT2D eigenvalue weighted by molar-refractivity contribution is 0.318. The fourth-order valence-electron chi connectivity index (χ4n) is 0.0962. The Bertz CT molecular complexity index is 208. The standard InChI is InChI=1S/2C2H6O3S/c1-2-6(3,4)5;1-2-5-6(3)4/h2H2,1H3,(H,3,4,5);2H2,1H3,(H,3,4)/p-1. The van der Waals surface area contributed by atoms with E-state index in [4.69, 9.17) is 4.55 Å². The predicted molar refractivity (Wildman–Crippen MR) is 42.6 cm³/mol. The molecule has 0 aliphatic heterocycles. The molecule has 0 aromatic carbocycles. The van der Waals surface area contributed by atoms with E-state index in [9.17, 15) is 17.2 Å². The fourth-order valence-corrected chi connectivity index (χ4v) is 0.289. The first kappa shape index (κ1) is 14.5. The van der Waals surface area contributed by atoms with Crippen molar-refractivity contribution in [2.75, 3.05) is 12.4 Å². The van der Waals surface area contributed by atoms with Gasteiger partial charge in [0.1, 0.15) is 0 Å². The summed E-state index contributed by atoms with van der Waals surface area (Å²) < 4.78 is 49.6. The summed E-state index contributed by atoms with van der Waals surface area (Å²) in [5, 5.41) is 0. The zero-order valence-corrected chi connectivity index (χ0v) is 8.35. The summed E-state index contributed by atoms with van der Waals surface area (Å²) in [6.45, 7) is 3.20. The molecule has 8 heteroatoms. The average molecular weight is 219 g/mol. The fraction of sp³-hybridized carbons (Fsp3) is 1.00. The van der Waals surface area contributed by atoms with Gasteiger partial charge in [0.15, 0.2) is 0 Å². The molecular formula is C4H11O6S2-. The SMILES string of the molecule is CCOS(=O)[O-].CCS(=O)(=O)O. The van der Waals surface area contributed by atoms with Gasteiger partial charge in [0, 0.05) is 0 Å². The second kappa shape index (κ2) is 7.62. The molecule has 0 aliphatic rings. The summed E-state index contributed by atoms with van der Waals surface area (Å²) in [5.41, 5.74) is 0. The van der Waals surface area contributed by atoms with Crippen LogP contribution in [0.25, 0.3) is 0 Å². The minimum atomic E-state index is -3.66. The van der Waals surface area contributed by atoms with Gasteiger partial charge in [-0.2, -0.15) is 8.42 Å². The van der Waals surface area contributed by atoms with Crippen LogP contribution in [0, 0.1) is 0 Å². The van der Waals surface area contributed by atoms with Gasteiger partial charge in [-0.3, -0.25) is 4.55 Å². The molecule has 0 fully saturated rings. The van der Waals surface area contributed by atoms with Crippen molar-refractivity contribution in [2.45, 2.75) is 13.8 Å². The first-order valence-electron chi connectivity index (χ1n) is 3.01. The molecule has 0 aromatic heterocycles. The first-order chi connectivity index (χ1) is 5.33. The van der Waals surface area contributed by atoms with Gasteiger partial charge in [0.2, 0.25) is 0 Å². The topological polar surface area (TPSA) is 104 Å². The van der Waals surface area contributed by atoms with E-state index in [-0.39, 0.29) is 12.4 Å². The molecule has 6 nitrogen and oxygen atoms in total. The van der Waals surface area contributed by atoms with Crippen molar-refractivity contribution in [3.63, 3.8) is 0 Å². The van der Waals surface area contributed by atoms with E-state index in [2.05, 4.69) is 4.18 Å². The van der Waals surface area contributed by atoms with E-state index in [1.165, 1.54) is 6.92 Å². The molecule has 0 aliphatic carbocycles. The van der Waals surface area contributed by atoms with Crippen molar-refractivity contribution in [1.29, 1.82) is 0 Å². The third-order valence-corrected chi connectivity index (χ3v) is 1.74. The highest BCUT2D eigenvalue weighted by molar-refractivity contribution is 7.85. The summed E-state index contributed by atoms with van der Waals surface area (Å²) in [4.78, 5) is 0. The summed E-state index contributed by atoms with van der Waals surface area (Å²) in [6.07, 6.45) is 0. The Balaban J connectivity index is 0. The minimum Gasteiger partial charge on any atom is -0.750 e. The van der Waals surface area contributed by atoms with Crippen LogP contribution >= 0.6 is 0 Å². The van der Waals surface area contributed by atoms with Gasteiger partial charge in [-0.15, -0.1) is 0 Å². The zero-order valence-electron chi connectivity index (χ0n) is 6.72. The van der Waals surface area contributed by atoms with Crippen LogP contribution in [0.5, 0.6) is 0 Å². The summed E-state index contributed by atoms with van der Waals surface area (Å²) in [6, 6.07) is 0. The van der Waals surface area contributed by atoms with Crippen molar-refractivity contribution in [3.8, 4) is 0 Å². The summed E-state index contributed by atoms with van der Waals surface area (Å²) in [5.74, 6) is -0.201. The van der Waals surface area contributed by atoms with Crippen molar-refractivity contribution in [2.24, 2.45) is 0 Å². The zero-order chi connectivity index (χ0) is 10.2. The molecular weight excluding hydrogens is 208 g/mol. The summed E-state index contributed by atoms with van der Waals surface area (Å²) >= 11 is -2.32. The van der Waals surface area contributed by atoms with Crippen molar-refractivity contribution >= 4 is 21.5 Å². The lowest BCUT2D eigenvalue weighted by atomic mass is 10.9. The molecule has 0 aromatic rings. The Hall–Kier alpha value is -0.0200. The summed E-state index contributed by atoms with van der Waals surface area (Å²) in [7, 11) is -3.66. The Morgan fingerprint density at radius 1 is 1.50 bits per heavy atom. The molecule has 76 valence electrons. The third-order valence-electron chi connectivity index (χ3n) is 0.579. The molecule has 0 heterocycles. The predicted octanol–water partition coefficient (Wildman–Crippen LogP) is -0.289. The smallest absolute Gasteiger partial charge is 0.264 e. The normalized spacial score (nSPS) is 13.0. The lowest BCUT2D eigenvalue weighted by Crippen LogP contribution is -1.97. The van der Waals surface area contributed by atoms with Crippen LogP contribution in [-0.4, -0.2) is 34.1 Å². The van der Waals surface area contributed by atoms with E-state index >= 15 is 0 Å². The number of rotatable bonds is 3. The highest BCUT2D eigenvalue weighted by Gasteiger charge is 1.93. The number of hydrogen-bond donors (Lipinski definition) is 1. The second-order valence-electron chi connectivity index (χ2n) is 1.48. The second-order valence-corrected chi connectivity index (χ2v) is 3.87. The lowest BCUT2D eigenvalue weighted by Gasteiger charge is -1.98. The van der Waals surface area contributed by atoms with Crippen LogP contribution in [0.15, 0.2) is 0 Å². The van der Waals surface area contributed by atoms with Crippen LogP contribution in [0.2, 0.25) is 0 Å². The molecule has 0 saturated heterocycles. The minimum absolute atomic E-state index is 0.201. The van der Waals surface area contributed by atoms with E-state index in [0.29, 0.717) is 0 Å². The van der Waals surface area contributed by atoms with Crippen molar-refractivity contribution in [1.82, 2.24) is 0 Å². The highest BCUT2D eigenvalue weighted by Crippen LogP contribution is 1.74. The van der Waals surface area contributed by atoms with Gasteiger partial charge < -0.3 is 8.74 Å². The largest absolute Gasteiger partial charge is 0.750 e. The molecule has 1 unspecified atom stereocenters. The maximum absolute atomic E-state index is 9.56. The van der Waals surface area contributed by atoms with Gasteiger partial charge in [-0.1, -0.05) is 0 Å². The van der Waals surface area contributed by atoms with Crippen LogP contribution in [-0.2, 0) is 25.7 Å². The Morgan fingerprint density at radius 2 is 1.83 bits per heavy atom. The Kier molecular flexibility index (Phi) is 9.21. The molecule has 0 spiro atoms. The van der Waals surface area contributed by atoms with Crippen LogP contribution in [0.3, 0.4) is 0 Å². The maximum Gasteiger partial charge on any atom is 0.264 e. The molecule has 0 rings (SSSR count). The van der Waals surface area contributed by atoms with Crippen molar-refractivity contribution in [3.05, 3.63) is 0 Å². The van der Waals surface area contributed by atoms with Gasteiger partial charge in [0.25, 0.3) is 10.1 Å². The first-order valence-corrected chi connectivity index (χ1v) is 5.62. The Labute approximate surface area is 74.2 Å². The molecule has 0 saturated carbocycles. The van der Waals surface area contributed by atoms with E-state index in [1.54, 1.807) is 6.92 Å². The van der Waals surface area contributed by atoms with Gasteiger partial charge in [-0.25, -0.2) is 4.21 Å². The molecule has 0 bridgehead atoms. The number of hydrogen-bond acceptors (Lipinski definition) is 5. The molecule has 12 heavy (non-hydrogen) atoms. The third kappa shape index (κ3) is 22.5. The molecule has 0 amide bonds. The maximum atomic E-state index is 9.56. The van der Waals surface area contributed by atoms with Gasteiger partial charge in [-0.05, 0) is 13.8 Å². The van der Waals surface area contributed by atoms with Crippen LogP contribution in [0.1, 0.15) is 13.8 Å². The monoisotopic (exact) mass is 219 g/mol. The quantitative estimate of drug-likeness (QED) is 0.516. The van der Waals surface area contributed by atoms with E-state index in [0.717, 1.165) is 0 Å². The Morgan fingerprint density at radius 3 is 1.83 bits per heavy atom. The molecule has 1 N–H and O–H groups in total. The van der Waals surface area contributed by atoms with Crippen LogP contribution < -0.4 is 0 Å². The van der Waals surface area contributed by atoms with E-state index in [1.807, 2.05) is 0 Å². The van der Waals surface area contributed by atoms with Crippen LogP contribution in [0.4, 0.5) is 0 Å². The van der Waals surface area contributed by atoms with E-state index < -0.39 is 21.5 Å².